The molecule has 3 rings (SSSR count). The quantitative estimate of drug-likeness (QED) is 0.676. The summed E-state index contributed by atoms with van der Waals surface area (Å²) in [5.74, 6) is 0.346. The summed E-state index contributed by atoms with van der Waals surface area (Å²) in [6, 6.07) is 9.95. The summed E-state index contributed by atoms with van der Waals surface area (Å²) >= 11 is 0. The molecule has 0 saturated heterocycles. The van der Waals surface area contributed by atoms with E-state index in [4.69, 9.17) is 4.42 Å². The monoisotopic (exact) mass is 228 g/mol. The first-order valence-corrected chi connectivity index (χ1v) is 5.26. The highest BCUT2D eigenvalue weighted by atomic mass is 19.1. The summed E-state index contributed by atoms with van der Waals surface area (Å²) in [5, 5.41) is 0. The smallest absolute Gasteiger partial charge is 0.246 e. The third-order valence-corrected chi connectivity index (χ3v) is 2.48. The number of hydrogen-bond acceptors (Lipinski definition) is 3. The Balaban J connectivity index is 1.92. The van der Waals surface area contributed by atoms with Crippen molar-refractivity contribution in [3.63, 3.8) is 0 Å². The van der Waals surface area contributed by atoms with Gasteiger partial charge in [0, 0.05) is 12.6 Å². The number of hydrogen-bond donors (Lipinski definition) is 0. The highest BCUT2D eigenvalue weighted by molar-refractivity contribution is 5.67. The average molecular weight is 228 g/mol. The lowest BCUT2D eigenvalue weighted by Crippen LogP contribution is -1.87. The molecule has 4 heteroatoms. The van der Waals surface area contributed by atoms with Gasteiger partial charge in [0.05, 0.1) is 0 Å². The van der Waals surface area contributed by atoms with Crippen LogP contribution in [0, 0.1) is 5.82 Å². The molecule has 0 bridgehead atoms. The molecular formula is C13H9FN2O. The molecular weight excluding hydrogens is 219 g/mol. The minimum absolute atomic E-state index is 0.243. The zero-order valence-electron chi connectivity index (χ0n) is 8.93. The van der Waals surface area contributed by atoms with Crippen LogP contribution in [-0.2, 0) is 6.42 Å². The van der Waals surface area contributed by atoms with Crippen LogP contribution in [0.4, 0.5) is 4.39 Å². The van der Waals surface area contributed by atoms with E-state index in [9.17, 15) is 4.39 Å². The second-order valence-corrected chi connectivity index (χ2v) is 3.74. The molecule has 0 saturated carbocycles. The number of nitrogens with zero attached hydrogens (tertiary/aromatic N) is 2. The molecule has 0 unspecified atom stereocenters. The molecule has 84 valence electrons. The topological polar surface area (TPSA) is 38.9 Å². The summed E-state index contributed by atoms with van der Waals surface area (Å²) in [7, 11) is 0. The molecule has 3 nitrogen and oxygen atoms in total. The van der Waals surface area contributed by atoms with Gasteiger partial charge in [-0.15, -0.1) is 0 Å². The van der Waals surface area contributed by atoms with Crippen molar-refractivity contribution in [3.8, 4) is 0 Å². The fourth-order valence-electron chi connectivity index (χ4n) is 1.67. The first-order chi connectivity index (χ1) is 8.31. The number of halogens is 1. The zero-order chi connectivity index (χ0) is 11.7. The fourth-order valence-corrected chi connectivity index (χ4v) is 1.67. The number of oxazole rings is 1. The van der Waals surface area contributed by atoms with Gasteiger partial charge in [-0.05, 0) is 29.8 Å². The van der Waals surface area contributed by atoms with Crippen molar-refractivity contribution < 1.29 is 8.81 Å². The molecule has 2 aromatic heterocycles. The van der Waals surface area contributed by atoms with E-state index in [1.165, 1.54) is 12.1 Å². The molecule has 0 fully saturated rings. The highest BCUT2D eigenvalue weighted by Crippen LogP contribution is 2.15. The van der Waals surface area contributed by atoms with Gasteiger partial charge in [0.2, 0.25) is 11.6 Å². The number of benzene rings is 1. The van der Waals surface area contributed by atoms with E-state index in [1.54, 1.807) is 18.3 Å². The molecule has 17 heavy (non-hydrogen) atoms. The minimum atomic E-state index is -0.243. The third kappa shape index (κ3) is 2.01. The van der Waals surface area contributed by atoms with Crippen molar-refractivity contribution in [2.45, 2.75) is 6.42 Å². The van der Waals surface area contributed by atoms with Crippen LogP contribution >= 0.6 is 0 Å². The van der Waals surface area contributed by atoms with Crippen LogP contribution in [0.25, 0.3) is 11.2 Å². The molecule has 0 amide bonds. The van der Waals surface area contributed by atoms with Gasteiger partial charge in [-0.2, -0.15) is 0 Å². The van der Waals surface area contributed by atoms with E-state index >= 15 is 0 Å². The van der Waals surface area contributed by atoms with Crippen molar-refractivity contribution in [3.05, 3.63) is 59.9 Å². The summed E-state index contributed by atoms with van der Waals surface area (Å²) < 4.78 is 18.2. The van der Waals surface area contributed by atoms with Crippen molar-refractivity contribution >= 4 is 11.2 Å². The number of aromatic nitrogens is 2. The third-order valence-electron chi connectivity index (χ3n) is 2.48. The summed E-state index contributed by atoms with van der Waals surface area (Å²) in [6.45, 7) is 0. The molecule has 0 aliphatic carbocycles. The predicted octanol–water partition coefficient (Wildman–Crippen LogP) is 2.95. The Morgan fingerprint density at radius 2 is 1.94 bits per heavy atom. The lowest BCUT2D eigenvalue weighted by atomic mass is 10.1. The molecule has 0 aliphatic rings. The lowest BCUT2D eigenvalue weighted by Gasteiger charge is -1.96. The molecule has 0 radical (unpaired) electrons. The van der Waals surface area contributed by atoms with Crippen molar-refractivity contribution in [2.75, 3.05) is 0 Å². The minimum Gasteiger partial charge on any atom is -0.422 e. The Hall–Kier alpha value is -2.23. The normalized spacial score (nSPS) is 10.9. The second-order valence-electron chi connectivity index (χ2n) is 3.74. The molecule has 0 atom stereocenters. The van der Waals surface area contributed by atoms with Crippen LogP contribution in [0.3, 0.4) is 0 Å². The van der Waals surface area contributed by atoms with Gasteiger partial charge < -0.3 is 4.42 Å². The Kier molecular flexibility index (Phi) is 2.33. The van der Waals surface area contributed by atoms with E-state index in [1.807, 2.05) is 12.1 Å². The maximum absolute atomic E-state index is 12.7. The second kappa shape index (κ2) is 3.97. The van der Waals surface area contributed by atoms with Crippen LogP contribution in [0.15, 0.2) is 47.0 Å². The van der Waals surface area contributed by atoms with Crippen LogP contribution in [-0.4, -0.2) is 9.97 Å². The molecule has 0 aliphatic heterocycles. The molecule has 0 N–H and O–H groups in total. The van der Waals surface area contributed by atoms with Gasteiger partial charge in [-0.25, -0.2) is 14.4 Å². The molecule has 2 heterocycles. The standard InChI is InChI=1S/C13H9FN2O/c14-10-5-3-9(4-6-10)8-12-16-11-2-1-7-15-13(11)17-12/h1-7H,8H2. The van der Waals surface area contributed by atoms with Crippen LogP contribution in [0.2, 0.25) is 0 Å². The Labute approximate surface area is 96.9 Å². The van der Waals surface area contributed by atoms with Gasteiger partial charge in [-0.3, -0.25) is 0 Å². The Morgan fingerprint density at radius 1 is 1.12 bits per heavy atom. The maximum atomic E-state index is 12.7. The fraction of sp³-hybridized carbons (Fsp3) is 0.0769. The van der Waals surface area contributed by atoms with Gasteiger partial charge in [0.1, 0.15) is 11.3 Å². The highest BCUT2D eigenvalue weighted by Gasteiger charge is 2.06. The summed E-state index contributed by atoms with van der Waals surface area (Å²) in [6.07, 6.45) is 2.20. The number of rotatable bonds is 2. The van der Waals surface area contributed by atoms with Crippen LogP contribution < -0.4 is 0 Å². The Bertz CT molecular complexity index is 613. The van der Waals surface area contributed by atoms with E-state index in [2.05, 4.69) is 9.97 Å². The van der Waals surface area contributed by atoms with E-state index in [0.717, 1.165) is 11.1 Å². The van der Waals surface area contributed by atoms with Crippen LogP contribution in [0.5, 0.6) is 0 Å². The predicted molar refractivity (Wildman–Crippen MR) is 61.0 cm³/mol. The van der Waals surface area contributed by atoms with Crippen LogP contribution in [0.1, 0.15) is 11.5 Å². The SMILES string of the molecule is Fc1ccc(Cc2nc3cccnc3o2)cc1. The number of pyridine rings is 1. The first kappa shape index (κ1) is 9.96. The van der Waals surface area contributed by atoms with Crippen molar-refractivity contribution in [1.82, 2.24) is 9.97 Å². The summed E-state index contributed by atoms with van der Waals surface area (Å²) in [5.41, 5.74) is 2.23. The largest absolute Gasteiger partial charge is 0.422 e. The first-order valence-electron chi connectivity index (χ1n) is 5.26. The van der Waals surface area contributed by atoms with Gasteiger partial charge in [-0.1, -0.05) is 12.1 Å². The van der Waals surface area contributed by atoms with Crippen molar-refractivity contribution in [1.29, 1.82) is 0 Å². The number of fused-ring (bicyclic) bond motifs is 1. The van der Waals surface area contributed by atoms with E-state index in [0.29, 0.717) is 18.0 Å². The molecule has 0 spiro atoms. The van der Waals surface area contributed by atoms with E-state index < -0.39 is 0 Å². The average Bonchev–Trinajstić information content (AvgIpc) is 2.74. The Morgan fingerprint density at radius 3 is 2.71 bits per heavy atom. The molecule has 3 aromatic rings. The van der Waals surface area contributed by atoms with Gasteiger partial charge in [0.15, 0.2) is 0 Å². The summed E-state index contributed by atoms with van der Waals surface area (Å²) in [4.78, 5) is 8.38. The van der Waals surface area contributed by atoms with E-state index in [-0.39, 0.29) is 5.82 Å². The van der Waals surface area contributed by atoms with Gasteiger partial charge >= 0.3 is 0 Å². The molecule has 1 aromatic carbocycles. The zero-order valence-corrected chi connectivity index (χ0v) is 8.93. The maximum Gasteiger partial charge on any atom is 0.246 e. The lowest BCUT2D eigenvalue weighted by molar-refractivity contribution is 0.535. The van der Waals surface area contributed by atoms with Crippen molar-refractivity contribution in [2.24, 2.45) is 0 Å². The van der Waals surface area contributed by atoms with Gasteiger partial charge in [0.25, 0.3) is 0 Å².